The highest BCUT2D eigenvalue weighted by Gasteiger charge is 2.06. The van der Waals surface area contributed by atoms with E-state index in [1.165, 1.54) is 11.1 Å². The Kier molecular flexibility index (Phi) is 4.11. The van der Waals surface area contributed by atoms with Crippen molar-refractivity contribution < 1.29 is 5.11 Å². The number of benzene rings is 1. The van der Waals surface area contributed by atoms with Crippen LogP contribution in [0.3, 0.4) is 0 Å². The summed E-state index contributed by atoms with van der Waals surface area (Å²) in [6, 6.07) is 6.10. The van der Waals surface area contributed by atoms with Crippen LogP contribution in [0.5, 0.6) is 0 Å². The standard InChI is InChI=1S/C12H19NO/c1-4-13-8-12(14)11-6-5-9(2)10(3)7-11/h5-7,12-14H,4,8H2,1-3H3. The van der Waals surface area contributed by atoms with Crippen molar-refractivity contribution in [2.24, 2.45) is 0 Å². The van der Waals surface area contributed by atoms with Crippen LogP contribution in [-0.2, 0) is 0 Å². The summed E-state index contributed by atoms with van der Waals surface area (Å²) in [5, 5.41) is 12.9. The maximum absolute atomic E-state index is 9.80. The zero-order chi connectivity index (χ0) is 10.6. The van der Waals surface area contributed by atoms with Crippen LogP contribution in [0.1, 0.15) is 29.7 Å². The predicted molar refractivity (Wildman–Crippen MR) is 59.4 cm³/mol. The lowest BCUT2D eigenvalue weighted by Crippen LogP contribution is -2.20. The lowest BCUT2D eigenvalue weighted by Gasteiger charge is -2.12. The Balaban J connectivity index is 2.70. The fraction of sp³-hybridized carbons (Fsp3) is 0.500. The number of nitrogens with one attached hydrogen (secondary N) is 1. The van der Waals surface area contributed by atoms with Gasteiger partial charge in [0.1, 0.15) is 0 Å². The highest BCUT2D eigenvalue weighted by Crippen LogP contribution is 2.16. The van der Waals surface area contributed by atoms with Crippen molar-refractivity contribution in [3.63, 3.8) is 0 Å². The van der Waals surface area contributed by atoms with Crippen molar-refractivity contribution in [2.75, 3.05) is 13.1 Å². The smallest absolute Gasteiger partial charge is 0.0914 e. The van der Waals surface area contributed by atoms with Gasteiger partial charge in [-0.2, -0.15) is 0 Å². The second-order valence-corrected chi connectivity index (χ2v) is 3.67. The van der Waals surface area contributed by atoms with E-state index in [4.69, 9.17) is 0 Å². The van der Waals surface area contributed by atoms with Gasteiger partial charge in [-0.3, -0.25) is 0 Å². The van der Waals surface area contributed by atoms with Crippen LogP contribution in [0.4, 0.5) is 0 Å². The normalized spacial score (nSPS) is 12.9. The van der Waals surface area contributed by atoms with Crippen molar-refractivity contribution in [3.05, 3.63) is 34.9 Å². The molecule has 2 heteroatoms. The van der Waals surface area contributed by atoms with Crippen molar-refractivity contribution >= 4 is 0 Å². The average Bonchev–Trinajstić information content (AvgIpc) is 2.18. The molecule has 0 saturated carbocycles. The third kappa shape index (κ3) is 2.82. The van der Waals surface area contributed by atoms with Crippen LogP contribution in [0.15, 0.2) is 18.2 Å². The van der Waals surface area contributed by atoms with E-state index in [2.05, 4.69) is 31.3 Å². The van der Waals surface area contributed by atoms with E-state index in [1.54, 1.807) is 0 Å². The molecule has 1 aromatic carbocycles. The van der Waals surface area contributed by atoms with E-state index in [1.807, 2.05) is 13.0 Å². The number of hydrogen-bond donors (Lipinski definition) is 2. The Bertz CT molecular complexity index is 296. The first kappa shape index (κ1) is 11.2. The Morgan fingerprint density at radius 1 is 1.29 bits per heavy atom. The van der Waals surface area contributed by atoms with Gasteiger partial charge in [0, 0.05) is 6.54 Å². The molecule has 78 valence electrons. The Labute approximate surface area is 86.0 Å². The van der Waals surface area contributed by atoms with Crippen LogP contribution in [0.2, 0.25) is 0 Å². The molecule has 0 aromatic heterocycles. The number of aliphatic hydroxyl groups excluding tert-OH is 1. The molecule has 0 aliphatic rings. The first-order valence-electron chi connectivity index (χ1n) is 5.11. The molecule has 1 rings (SSSR count). The molecule has 0 amide bonds. The van der Waals surface area contributed by atoms with Crippen LogP contribution in [0, 0.1) is 13.8 Å². The van der Waals surface area contributed by atoms with Gasteiger partial charge in [-0.1, -0.05) is 25.1 Å². The molecule has 1 aromatic rings. The number of hydrogen-bond acceptors (Lipinski definition) is 2. The van der Waals surface area contributed by atoms with Crippen LogP contribution in [0.25, 0.3) is 0 Å². The second-order valence-electron chi connectivity index (χ2n) is 3.67. The lowest BCUT2D eigenvalue weighted by atomic mass is 10.0. The largest absolute Gasteiger partial charge is 0.387 e. The van der Waals surface area contributed by atoms with Crippen molar-refractivity contribution in [1.82, 2.24) is 5.32 Å². The molecule has 0 aliphatic heterocycles. The van der Waals surface area contributed by atoms with Crippen molar-refractivity contribution in [3.8, 4) is 0 Å². The molecule has 0 radical (unpaired) electrons. The first-order valence-corrected chi connectivity index (χ1v) is 5.11. The minimum Gasteiger partial charge on any atom is -0.387 e. The zero-order valence-corrected chi connectivity index (χ0v) is 9.17. The van der Waals surface area contributed by atoms with Gasteiger partial charge in [-0.05, 0) is 37.1 Å². The molecule has 0 fully saturated rings. The van der Waals surface area contributed by atoms with E-state index < -0.39 is 6.10 Å². The lowest BCUT2D eigenvalue weighted by molar-refractivity contribution is 0.175. The topological polar surface area (TPSA) is 32.3 Å². The van der Waals surface area contributed by atoms with E-state index in [0.29, 0.717) is 6.54 Å². The van der Waals surface area contributed by atoms with E-state index in [0.717, 1.165) is 12.1 Å². The summed E-state index contributed by atoms with van der Waals surface area (Å²) >= 11 is 0. The summed E-state index contributed by atoms with van der Waals surface area (Å²) in [6.45, 7) is 7.70. The van der Waals surface area contributed by atoms with E-state index in [-0.39, 0.29) is 0 Å². The van der Waals surface area contributed by atoms with Gasteiger partial charge in [0.2, 0.25) is 0 Å². The third-order valence-electron chi connectivity index (χ3n) is 2.50. The zero-order valence-electron chi connectivity index (χ0n) is 9.17. The third-order valence-corrected chi connectivity index (χ3v) is 2.50. The second kappa shape index (κ2) is 5.13. The van der Waals surface area contributed by atoms with Gasteiger partial charge in [-0.25, -0.2) is 0 Å². The highest BCUT2D eigenvalue weighted by molar-refractivity contribution is 5.31. The molecule has 1 unspecified atom stereocenters. The van der Waals surface area contributed by atoms with Crippen molar-refractivity contribution in [2.45, 2.75) is 26.9 Å². The van der Waals surface area contributed by atoms with Crippen LogP contribution < -0.4 is 5.32 Å². The Morgan fingerprint density at radius 3 is 2.57 bits per heavy atom. The van der Waals surface area contributed by atoms with Crippen molar-refractivity contribution in [1.29, 1.82) is 0 Å². The maximum Gasteiger partial charge on any atom is 0.0914 e. The number of aliphatic hydroxyl groups is 1. The molecular formula is C12H19NO. The molecule has 2 N–H and O–H groups in total. The number of aryl methyl sites for hydroxylation is 2. The van der Waals surface area contributed by atoms with Crippen LogP contribution in [-0.4, -0.2) is 18.2 Å². The predicted octanol–water partition coefficient (Wildman–Crippen LogP) is 1.95. The summed E-state index contributed by atoms with van der Waals surface area (Å²) in [4.78, 5) is 0. The summed E-state index contributed by atoms with van der Waals surface area (Å²) in [7, 11) is 0. The minimum absolute atomic E-state index is 0.394. The fourth-order valence-corrected chi connectivity index (χ4v) is 1.37. The summed E-state index contributed by atoms with van der Waals surface area (Å²) in [5.74, 6) is 0. The summed E-state index contributed by atoms with van der Waals surface area (Å²) in [6.07, 6.45) is -0.394. The molecule has 0 saturated heterocycles. The highest BCUT2D eigenvalue weighted by atomic mass is 16.3. The van der Waals surface area contributed by atoms with Gasteiger partial charge in [0.15, 0.2) is 0 Å². The van der Waals surface area contributed by atoms with Gasteiger partial charge >= 0.3 is 0 Å². The van der Waals surface area contributed by atoms with Gasteiger partial charge < -0.3 is 10.4 Å². The first-order chi connectivity index (χ1) is 6.65. The molecular weight excluding hydrogens is 174 g/mol. The Morgan fingerprint density at radius 2 is 2.00 bits per heavy atom. The van der Waals surface area contributed by atoms with Gasteiger partial charge in [-0.15, -0.1) is 0 Å². The van der Waals surface area contributed by atoms with Gasteiger partial charge in [0.25, 0.3) is 0 Å². The van der Waals surface area contributed by atoms with Crippen LogP contribution >= 0.6 is 0 Å². The molecule has 14 heavy (non-hydrogen) atoms. The molecule has 2 nitrogen and oxygen atoms in total. The number of rotatable bonds is 4. The average molecular weight is 193 g/mol. The number of likely N-dealkylation sites (N-methyl/N-ethyl adjacent to an activating group) is 1. The summed E-state index contributed by atoms with van der Waals surface area (Å²) in [5.41, 5.74) is 3.50. The monoisotopic (exact) mass is 193 g/mol. The molecule has 0 heterocycles. The Hall–Kier alpha value is -0.860. The fourth-order valence-electron chi connectivity index (χ4n) is 1.37. The molecule has 0 aliphatic carbocycles. The van der Waals surface area contributed by atoms with Gasteiger partial charge in [0.05, 0.1) is 6.10 Å². The molecule has 0 spiro atoms. The molecule has 0 bridgehead atoms. The molecule has 1 atom stereocenters. The maximum atomic E-state index is 9.80. The summed E-state index contributed by atoms with van der Waals surface area (Å²) < 4.78 is 0. The minimum atomic E-state index is -0.394. The quantitative estimate of drug-likeness (QED) is 0.766. The SMILES string of the molecule is CCNCC(O)c1ccc(C)c(C)c1. The van der Waals surface area contributed by atoms with E-state index in [9.17, 15) is 5.11 Å². The van der Waals surface area contributed by atoms with E-state index >= 15 is 0 Å².